The lowest BCUT2D eigenvalue weighted by molar-refractivity contribution is -0.125. The molecule has 0 unspecified atom stereocenters. The molecule has 30 heavy (non-hydrogen) atoms. The molecule has 160 valence electrons. The van der Waals surface area contributed by atoms with Crippen molar-refractivity contribution >= 4 is 5.91 Å². The van der Waals surface area contributed by atoms with Crippen molar-refractivity contribution in [2.24, 2.45) is 5.41 Å². The minimum atomic E-state index is -0.133. The molecule has 0 bridgehead atoms. The van der Waals surface area contributed by atoms with Crippen LogP contribution in [0.2, 0.25) is 0 Å². The number of fused-ring (bicyclic) bond motifs is 2. The SMILES string of the molecule is CC(C)(C)CC(=O)N[C@H]1c2ccccc2C2(CCNCC2)[C@@H]1OCc1cccnc1. The van der Waals surface area contributed by atoms with Crippen LogP contribution < -0.4 is 10.6 Å². The molecule has 2 atom stereocenters. The zero-order valence-corrected chi connectivity index (χ0v) is 18.3. The quantitative estimate of drug-likeness (QED) is 0.789. The smallest absolute Gasteiger partial charge is 0.221 e. The fourth-order valence-corrected chi connectivity index (χ4v) is 5.07. The Kier molecular flexibility index (Phi) is 5.94. The number of pyridine rings is 1. The highest BCUT2D eigenvalue weighted by Crippen LogP contribution is 2.51. The van der Waals surface area contributed by atoms with Crippen molar-refractivity contribution in [3.63, 3.8) is 0 Å². The molecular weight excluding hydrogens is 374 g/mol. The van der Waals surface area contributed by atoms with Crippen molar-refractivity contribution in [2.45, 2.75) is 64.2 Å². The summed E-state index contributed by atoms with van der Waals surface area (Å²) < 4.78 is 6.63. The number of hydrogen-bond acceptors (Lipinski definition) is 4. The highest BCUT2D eigenvalue weighted by Gasteiger charge is 2.53. The van der Waals surface area contributed by atoms with Gasteiger partial charge in [0.1, 0.15) is 0 Å². The molecule has 1 aromatic heterocycles. The number of ether oxygens (including phenoxy) is 1. The molecule has 0 saturated carbocycles. The van der Waals surface area contributed by atoms with Gasteiger partial charge in [0.2, 0.25) is 5.91 Å². The first-order valence-electron chi connectivity index (χ1n) is 11.0. The van der Waals surface area contributed by atoms with E-state index in [0.29, 0.717) is 13.0 Å². The number of carbonyl (C=O) groups excluding carboxylic acids is 1. The summed E-state index contributed by atoms with van der Waals surface area (Å²) in [6.45, 7) is 8.71. The number of carbonyl (C=O) groups is 1. The van der Waals surface area contributed by atoms with E-state index in [4.69, 9.17) is 4.74 Å². The summed E-state index contributed by atoms with van der Waals surface area (Å²) >= 11 is 0. The van der Waals surface area contributed by atoms with E-state index in [2.05, 4.69) is 60.7 Å². The molecule has 5 heteroatoms. The first-order chi connectivity index (χ1) is 14.4. The van der Waals surface area contributed by atoms with E-state index in [1.54, 1.807) is 6.20 Å². The third kappa shape index (κ3) is 4.28. The van der Waals surface area contributed by atoms with Gasteiger partial charge in [-0.25, -0.2) is 0 Å². The van der Waals surface area contributed by atoms with Crippen LogP contribution in [-0.4, -0.2) is 30.1 Å². The Morgan fingerprint density at radius 1 is 1.20 bits per heavy atom. The fraction of sp³-hybridized carbons (Fsp3) is 0.520. The lowest BCUT2D eigenvalue weighted by atomic mass is 9.72. The summed E-state index contributed by atoms with van der Waals surface area (Å²) in [5, 5.41) is 6.84. The number of nitrogens with zero attached hydrogens (tertiary/aromatic N) is 1. The molecule has 1 fully saturated rings. The topological polar surface area (TPSA) is 63.2 Å². The molecule has 2 N–H and O–H groups in total. The van der Waals surface area contributed by atoms with E-state index >= 15 is 0 Å². The van der Waals surface area contributed by atoms with Crippen LogP contribution in [0.4, 0.5) is 0 Å². The zero-order valence-electron chi connectivity index (χ0n) is 18.3. The average Bonchev–Trinajstić information content (AvgIpc) is 2.95. The van der Waals surface area contributed by atoms with Gasteiger partial charge in [0.15, 0.2) is 0 Å². The highest BCUT2D eigenvalue weighted by atomic mass is 16.5. The molecule has 5 nitrogen and oxygen atoms in total. The maximum absolute atomic E-state index is 12.9. The Hall–Kier alpha value is -2.24. The van der Waals surface area contributed by atoms with Crippen molar-refractivity contribution in [1.82, 2.24) is 15.6 Å². The number of nitrogens with one attached hydrogen (secondary N) is 2. The molecule has 1 aromatic carbocycles. The summed E-state index contributed by atoms with van der Waals surface area (Å²) in [6.07, 6.45) is 6.04. The molecule has 1 aliphatic carbocycles. The van der Waals surface area contributed by atoms with Gasteiger partial charge >= 0.3 is 0 Å². The summed E-state index contributed by atoms with van der Waals surface area (Å²) in [6, 6.07) is 12.4. The van der Waals surface area contributed by atoms with Gasteiger partial charge in [-0.3, -0.25) is 9.78 Å². The standard InChI is InChI=1S/C25H33N3O2/c1-24(2,3)15-21(29)28-22-19-8-4-5-9-20(19)25(10-13-26-14-11-25)23(22)30-17-18-7-6-12-27-16-18/h4-9,12,16,22-23,26H,10-11,13-15,17H2,1-3H3,(H,28,29)/t22-,23+/m0/s1. The van der Waals surface area contributed by atoms with Crippen LogP contribution in [-0.2, 0) is 21.6 Å². The molecule has 2 aliphatic rings. The Bertz CT molecular complexity index is 869. The Morgan fingerprint density at radius 3 is 2.67 bits per heavy atom. The number of aromatic nitrogens is 1. The van der Waals surface area contributed by atoms with Crippen LogP contribution >= 0.6 is 0 Å². The summed E-state index contributed by atoms with van der Waals surface area (Å²) in [5.41, 5.74) is 3.46. The van der Waals surface area contributed by atoms with Crippen LogP contribution in [0.3, 0.4) is 0 Å². The minimum absolute atomic E-state index is 0.0548. The van der Waals surface area contributed by atoms with Gasteiger partial charge in [0.05, 0.1) is 18.8 Å². The van der Waals surface area contributed by atoms with Gasteiger partial charge < -0.3 is 15.4 Å². The second-order valence-electron chi connectivity index (χ2n) is 9.87. The lowest BCUT2D eigenvalue weighted by Crippen LogP contribution is -2.50. The molecule has 2 aromatic rings. The maximum atomic E-state index is 12.9. The Balaban J connectivity index is 1.66. The second-order valence-corrected chi connectivity index (χ2v) is 9.87. The van der Waals surface area contributed by atoms with E-state index in [1.807, 2.05) is 18.3 Å². The molecule has 2 heterocycles. The summed E-state index contributed by atoms with van der Waals surface area (Å²) in [4.78, 5) is 17.1. The van der Waals surface area contributed by atoms with Crippen LogP contribution in [0.5, 0.6) is 0 Å². The maximum Gasteiger partial charge on any atom is 0.221 e. The summed E-state index contributed by atoms with van der Waals surface area (Å²) in [5.74, 6) is 0.0864. The van der Waals surface area contributed by atoms with E-state index in [9.17, 15) is 4.79 Å². The molecule has 1 aliphatic heterocycles. The number of hydrogen-bond donors (Lipinski definition) is 2. The van der Waals surface area contributed by atoms with Crippen LogP contribution in [0, 0.1) is 5.41 Å². The second kappa shape index (κ2) is 8.48. The molecule has 1 amide bonds. The van der Waals surface area contributed by atoms with E-state index in [0.717, 1.165) is 31.5 Å². The lowest BCUT2D eigenvalue weighted by Gasteiger charge is -2.41. The normalized spacial score (nSPS) is 22.6. The monoisotopic (exact) mass is 407 g/mol. The van der Waals surface area contributed by atoms with Gasteiger partial charge in [0.25, 0.3) is 0 Å². The van der Waals surface area contributed by atoms with Gasteiger partial charge in [-0.1, -0.05) is 51.1 Å². The van der Waals surface area contributed by atoms with Crippen molar-refractivity contribution in [3.05, 3.63) is 65.5 Å². The molecular formula is C25H33N3O2. The molecule has 4 rings (SSSR count). The predicted molar refractivity (Wildman–Crippen MR) is 118 cm³/mol. The average molecular weight is 408 g/mol. The van der Waals surface area contributed by atoms with Crippen molar-refractivity contribution in [2.75, 3.05) is 13.1 Å². The largest absolute Gasteiger partial charge is 0.370 e. The molecule has 1 saturated heterocycles. The number of rotatable bonds is 5. The van der Waals surface area contributed by atoms with Gasteiger partial charge in [-0.2, -0.15) is 0 Å². The third-order valence-electron chi connectivity index (χ3n) is 6.34. The number of piperidine rings is 1. The molecule has 1 spiro atoms. The van der Waals surface area contributed by atoms with Crippen molar-refractivity contribution in [1.29, 1.82) is 0 Å². The van der Waals surface area contributed by atoms with Gasteiger partial charge in [-0.05, 0) is 54.1 Å². The van der Waals surface area contributed by atoms with Crippen molar-refractivity contribution < 1.29 is 9.53 Å². The van der Waals surface area contributed by atoms with E-state index in [-0.39, 0.29) is 28.9 Å². The van der Waals surface area contributed by atoms with Crippen LogP contribution in [0.15, 0.2) is 48.8 Å². The Morgan fingerprint density at radius 2 is 1.97 bits per heavy atom. The minimum Gasteiger partial charge on any atom is -0.370 e. The summed E-state index contributed by atoms with van der Waals surface area (Å²) in [7, 11) is 0. The van der Waals surface area contributed by atoms with Crippen LogP contribution in [0.1, 0.15) is 62.8 Å². The third-order valence-corrected chi connectivity index (χ3v) is 6.34. The van der Waals surface area contributed by atoms with Crippen LogP contribution in [0.25, 0.3) is 0 Å². The fourth-order valence-electron chi connectivity index (χ4n) is 5.07. The zero-order chi connectivity index (χ0) is 21.2. The number of benzene rings is 1. The predicted octanol–water partition coefficient (Wildman–Crippen LogP) is 3.90. The first-order valence-corrected chi connectivity index (χ1v) is 11.0. The number of amides is 1. The van der Waals surface area contributed by atoms with E-state index in [1.165, 1.54) is 11.1 Å². The van der Waals surface area contributed by atoms with E-state index < -0.39 is 0 Å². The molecule has 0 radical (unpaired) electrons. The van der Waals surface area contributed by atoms with Gasteiger partial charge in [-0.15, -0.1) is 0 Å². The highest BCUT2D eigenvalue weighted by molar-refractivity contribution is 5.77. The Labute approximate surface area is 179 Å². The first kappa shape index (κ1) is 21.0. The van der Waals surface area contributed by atoms with Gasteiger partial charge in [0, 0.05) is 24.2 Å². The van der Waals surface area contributed by atoms with Crippen molar-refractivity contribution in [3.8, 4) is 0 Å².